The van der Waals surface area contributed by atoms with Crippen molar-refractivity contribution in [2.45, 2.75) is 70.8 Å². The van der Waals surface area contributed by atoms with Gasteiger partial charge >= 0.3 is 0 Å². The quantitative estimate of drug-likeness (QED) is 0.814. The molecule has 108 valence electrons. The van der Waals surface area contributed by atoms with E-state index in [9.17, 15) is 0 Å². The average molecular weight is 263 g/mol. The van der Waals surface area contributed by atoms with Crippen LogP contribution < -0.4 is 5.32 Å². The van der Waals surface area contributed by atoms with Gasteiger partial charge in [-0.1, -0.05) is 39.0 Å². The van der Waals surface area contributed by atoms with E-state index < -0.39 is 0 Å². The summed E-state index contributed by atoms with van der Waals surface area (Å²) in [4.78, 5) is 0. The molecule has 1 saturated carbocycles. The Morgan fingerprint density at radius 1 is 1.21 bits per heavy atom. The van der Waals surface area contributed by atoms with Crippen LogP contribution in [0, 0.1) is 5.92 Å². The lowest BCUT2D eigenvalue weighted by atomic mass is 9.84. The minimum absolute atomic E-state index is 0.601. The van der Waals surface area contributed by atoms with Crippen molar-refractivity contribution >= 4 is 0 Å². The summed E-state index contributed by atoms with van der Waals surface area (Å²) in [6.07, 6.45) is 14.0. The summed E-state index contributed by atoms with van der Waals surface area (Å²) >= 11 is 0. The minimum atomic E-state index is 0.601. The van der Waals surface area contributed by atoms with Crippen LogP contribution in [0.5, 0.6) is 0 Å². The Morgan fingerprint density at radius 2 is 1.95 bits per heavy atom. The molecular weight excluding hydrogens is 234 g/mol. The van der Waals surface area contributed by atoms with Crippen LogP contribution in [0.3, 0.4) is 0 Å². The second-order valence-corrected chi connectivity index (χ2v) is 5.95. The number of hydrogen-bond acceptors (Lipinski definition) is 2. The zero-order valence-electron chi connectivity index (χ0n) is 12.4. The van der Waals surface area contributed by atoms with Gasteiger partial charge in [-0.05, 0) is 43.9 Å². The molecule has 2 rings (SSSR count). The molecule has 1 N–H and O–H groups in total. The van der Waals surface area contributed by atoms with Crippen molar-refractivity contribution in [3.05, 3.63) is 24.2 Å². The van der Waals surface area contributed by atoms with Crippen LogP contribution in [0.2, 0.25) is 0 Å². The third-order valence-electron chi connectivity index (χ3n) is 4.38. The van der Waals surface area contributed by atoms with E-state index in [4.69, 9.17) is 4.42 Å². The van der Waals surface area contributed by atoms with Gasteiger partial charge in [-0.2, -0.15) is 0 Å². The lowest BCUT2D eigenvalue weighted by molar-refractivity contribution is 0.273. The zero-order valence-corrected chi connectivity index (χ0v) is 12.4. The molecule has 0 saturated heterocycles. The van der Waals surface area contributed by atoms with E-state index >= 15 is 0 Å². The molecule has 1 aromatic rings. The normalized spacial score (nSPS) is 19.8. The number of hydrogen-bond donors (Lipinski definition) is 1. The number of rotatable bonds is 6. The van der Waals surface area contributed by atoms with Crippen LogP contribution in [-0.2, 0) is 6.42 Å². The highest BCUT2D eigenvalue weighted by atomic mass is 16.3. The third-order valence-corrected chi connectivity index (χ3v) is 4.38. The molecule has 2 heteroatoms. The smallest absolute Gasteiger partial charge is 0.105 e. The molecule has 0 spiro atoms. The molecule has 2 nitrogen and oxygen atoms in total. The fourth-order valence-corrected chi connectivity index (χ4v) is 3.27. The van der Waals surface area contributed by atoms with Crippen LogP contribution in [-0.4, -0.2) is 12.6 Å². The van der Waals surface area contributed by atoms with E-state index in [0.29, 0.717) is 6.04 Å². The van der Waals surface area contributed by atoms with Crippen LogP contribution in [0.1, 0.15) is 64.1 Å². The van der Waals surface area contributed by atoms with E-state index in [0.717, 1.165) is 24.6 Å². The van der Waals surface area contributed by atoms with E-state index in [1.54, 1.807) is 6.26 Å². The Morgan fingerprint density at radius 3 is 2.58 bits per heavy atom. The summed E-state index contributed by atoms with van der Waals surface area (Å²) in [5, 5.41) is 3.77. The van der Waals surface area contributed by atoms with Gasteiger partial charge in [0, 0.05) is 12.5 Å². The Labute approximate surface area is 118 Å². The van der Waals surface area contributed by atoms with Gasteiger partial charge in [0.1, 0.15) is 5.76 Å². The maximum atomic E-state index is 5.55. The molecule has 19 heavy (non-hydrogen) atoms. The molecule has 1 aliphatic carbocycles. The molecule has 0 amide bonds. The van der Waals surface area contributed by atoms with Crippen molar-refractivity contribution in [1.82, 2.24) is 5.32 Å². The van der Waals surface area contributed by atoms with Crippen molar-refractivity contribution in [1.29, 1.82) is 0 Å². The Bertz CT molecular complexity index is 312. The van der Waals surface area contributed by atoms with Crippen LogP contribution in [0.15, 0.2) is 22.8 Å². The van der Waals surface area contributed by atoms with Gasteiger partial charge in [0.2, 0.25) is 0 Å². The average Bonchev–Trinajstić information content (AvgIpc) is 2.87. The van der Waals surface area contributed by atoms with Gasteiger partial charge in [-0.3, -0.25) is 0 Å². The van der Waals surface area contributed by atoms with Gasteiger partial charge in [-0.15, -0.1) is 0 Å². The summed E-state index contributed by atoms with van der Waals surface area (Å²) in [6, 6.07) is 4.72. The first-order chi connectivity index (χ1) is 9.40. The first-order valence-electron chi connectivity index (χ1n) is 8.16. The SMILES string of the molecule is CCCNC(Cc1ccco1)C1CCCCCCC1. The molecule has 1 unspecified atom stereocenters. The number of nitrogens with one attached hydrogen (secondary N) is 1. The predicted molar refractivity (Wildman–Crippen MR) is 80.3 cm³/mol. The topological polar surface area (TPSA) is 25.2 Å². The second-order valence-electron chi connectivity index (χ2n) is 5.95. The van der Waals surface area contributed by atoms with Crippen molar-refractivity contribution in [2.24, 2.45) is 5.92 Å². The Balaban J connectivity index is 1.93. The molecule has 0 aliphatic heterocycles. The van der Waals surface area contributed by atoms with Crippen molar-refractivity contribution in [2.75, 3.05) is 6.54 Å². The van der Waals surface area contributed by atoms with Crippen molar-refractivity contribution < 1.29 is 4.42 Å². The highest BCUT2D eigenvalue weighted by Gasteiger charge is 2.22. The van der Waals surface area contributed by atoms with Crippen molar-refractivity contribution in [3.63, 3.8) is 0 Å². The van der Waals surface area contributed by atoms with Gasteiger partial charge in [0.25, 0.3) is 0 Å². The fourth-order valence-electron chi connectivity index (χ4n) is 3.27. The van der Waals surface area contributed by atoms with E-state index in [2.05, 4.69) is 18.3 Å². The summed E-state index contributed by atoms with van der Waals surface area (Å²) in [5.41, 5.74) is 0. The molecule has 0 radical (unpaired) electrons. The Kier molecular flexibility index (Phi) is 6.49. The van der Waals surface area contributed by atoms with Crippen LogP contribution >= 0.6 is 0 Å². The van der Waals surface area contributed by atoms with Gasteiger partial charge in [0.15, 0.2) is 0 Å². The summed E-state index contributed by atoms with van der Waals surface area (Å²) in [5.74, 6) is 1.97. The van der Waals surface area contributed by atoms with E-state index in [1.807, 2.05) is 6.07 Å². The first kappa shape index (κ1) is 14.6. The third kappa shape index (κ3) is 5.02. The lowest BCUT2D eigenvalue weighted by Gasteiger charge is -2.29. The van der Waals surface area contributed by atoms with Crippen LogP contribution in [0.4, 0.5) is 0 Å². The summed E-state index contributed by atoms with van der Waals surface area (Å²) in [7, 11) is 0. The van der Waals surface area contributed by atoms with E-state index in [1.165, 1.54) is 51.4 Å². The van der Waals surface area contributed by atoms with Gasteiger partial charge in [0.05, 0.1) is 6.26 Å². The summed E-state index contributed by atoms with van der Waals surface area (Å²) < 4.78 is 5.55. The fraction of sp³-hybridized carbons (Fsp3) is 0.765. The standard InChI is InChI=1S/C17H29NO/c1-2-12-18-17(14-16-11-8-13-19-16)15-9-6-4-3-5-7-10-15/h8,11,13,15,17-18H,2-7,9-10,12,14H2,1H3. The van der Waals surface area contributed by atoms with Gasteiger partial charge < -0.3 is 9.73 Å². The maximum Gasteiger partial charge on any atom is 0.105 e. The highest BCUT2D eigenvalue weighted by molar-refractivity contribution is 5.01. The molecule has 1 fully saturated rings. The summed E-state index contributed by atoms with van der Waals surface area (Å²) in [6.45, 7) is 3.37. The molecule has 1 heterocycles. The van der Waals surface area contributed by atoms with E-state index in [-0.39, 0.29) is 0 Å². The maximum absolute atomic E-state index is 5.55. The molecule has 1 atom stereocenters. The monoisotopic (exact) mass is 263 g/mol. The van der Waals surface area contributed by atoms with Gasteiger partial charge in [-0.25, -0.2) is 0 Å². The van der Waals surface area contributed by atoms with Crippen molar-refractivity contribution in [3.8, 4) is 0 Å². The van der Waals surface area contributed by atoms with Crippen LogP contribution in [0.25, 0.3) is 0 Å². The molecule has 1 aliphatic rings. The molecular formula is C17H29NO. The molecule has 0 bridgehead atoms. The predicted octanol–water partition coefficient (Wildman–Crippen LogP) is 4.55. The molecule has 0 aromatic carbocycles. The minimum Gasteiger partial charge on any atom is -0.469 e. The Hall–Kier alpha value is -0.760. The number of furan rings is 1. The lowest BCUT2D eigenvalue weighted by Crippen LogP contribution is -2.38. The first-order valence-corrected chi connectivity index (χ1v) is 8.16. The zero-order chi connectivity index (χ0) is 13.3. The second kappa shape index (κ2) is 8.42. The largest absolute Gasteiger partial charge is 0.469 e. The molecule has 1 aromatic heterocycles. The highest BCUT2D eigenvalue weighted by Crippen LogP contribution is 2.26.